The van der Waals surface area contributed by atoms with Crippen molar-refractivity contribution in [3.8, 4) is 0 Å². The van der Waals surface area contributed by atoms with Crippen LogP contribution in [0.4, 0.5) is 4.79 Å². The number of carbonyl (C=O) groups excluding carboxylic acids is 1. The molecule has 0 aromatic heterocycles. The number of amides is 2. The number of nitrogens with one attached hydrogen (secondary N) is 1. The van der Waals surface area contributed by atoms with Crippen LogP contribution in [0.2, 0.25) is 0 Å². The highest BCUT2D eigenvalue weighted by Crippen LogP contribution is 2.46. The zero-order valence-corrected chi connectivity index (χ0v) is 13.2. The molecule has 2 amide bonds. The fraction of sp³-hybridized carbons (Fsp3) is 0.611. The second-order valence-corrected chi connectivity index (χ2v) is 6.79. The molecule has 1 saturated heterocycles. The lowest BCUT2D eigenvalue weighted by atomic mass is 9.94. The molecule has 4 heteroatoms. The summed E-state index contributed by atoms with van der Waals surface area (Å²) in [5.41, 5.74) is 1.38. The van der Waals surface area contributed by atoms with Crippen molar-refractivity contribution in [3.63, 3.8) is 0 Å². The standard InChI is InChI=1S/C18H26N2O2/c1-13(21)15-8-5-9-20(12-15)18(22)19-11-16-10-17(16)14-6-3-2-4-7-14/h2-4,6-7,13,15-17,21H,5,8-12H2,1H3,(H,19,22). The third-order valence-electron chi connectivity index (χ3n) is 5.09. The number of hydrogen-bond donors (Lipinski definition) is 2. The van der Waals surface area contributed by atoms with Gasteiger partial charge < -0.3 is 15.3 Å². The van der Waals surface area contributed by atoms with Gasteiger partial charge in [0, 0.05) is 25.6 Å². The van der Waals surface area contributed by atoms with Crippen molar-refractivity contribution in [1.29, 1.82) is 0 Å². The van der Waals surface area contributed by atoms with Gasteiger partial charge in [0.05, 0.1) is 6.10 Å². The van der Waals surface area contributed by atoms with Crippen LogP contribution in [0.15, 0.2) is 30.3 Å². The second kappa shape index (κ2) is 6.69. The van der Waals surface area contributed by atoms with Crippen molar-refractivity contribution in [1.82, 2.24) is 10.2 Å². The first-order valence-electron chi connectivity index (χ1n) is 8.41. The van der Waals surface area contributed by atoms with E-state index in [1.54, 1.807) is 0 Å². The maximum absolute atomic E-state index is 12.3. The summed E-state index contributed by atoms with van der Waals surface area (Å²) >= 11 is 0. The molecular weight excluding hydrogens is 276 g/mol. The molecule has 0 bridgehead atoms. The lowest BCUT2D eigenvalue weighted by Crippen LogP contribution is -2.47. The van der Waals surface area contributed by atoms with Gasteiger partial charge in [-0.05, 0) is 43.6 Å². The van der Waals surface area contributed by atoms with E-state index < -0.39 is 0 Å². The molecular formula is C18H26N2O2. The van der Waals surface area contributed by atoms with Crippen LogP contribution in [-0.4, -0.2) is 41.8 Å². The summed E-state index contributed by atoms with van der Waals surface area (Å²) in [4.78, 5) is 14.1. The van der Waals surface area contributed by atoms with Crippen LogP contribution in [0.25, 0.3) is 0 Å². The van der Waals surface area contributed by atoms with Crippen molar-refractivity contribution in [2.75, 3.05) is 19.6 Å². The molecule has 120 valence electrons. The molecule has 3 rings (SSSR count). The van der Waals surface area contributed by atoms with Gasteiger partial charge in [-0.3, -0.25) is 0 Å². The lowest BCUT2D eigenvalue weighted by Gasteiger charge is -2.34. The summed E-state index contributed by atoms with van der Waals surface area (Å²) in [7, 11) is 0. The summed E-state index contributed by atoms with van der Waals surface area (Å²) < 4.78 is 0. The lowest BCUT2D eigenvalue weighted by molar-refractivity contribution is 0.0739. The number of urea groups is 1. The Bertz CT molecular complexity index is 503. The smallest absolute Gasteiger partial charge is 0.317 e. The van der Waals surface area contributed by atoms with Crippen LogP contribution in [0.1, 0.15) is 37.7 Å². The van der Waals surface area contributed by atoms with Gasteiger partial charge in [0.1, 0.15) is 0 Å². The van der Waals surface area contributed by atoms with Crippen LogP contribution in [0, 0.1) is 11.8 Å². The third kappa shape index (κ3) is 3.61. The number of hydrogen-bond acceptors (Lipinski definition) is 2. The minimum absolute atomic E-state index is 0.0315. The molecule has 1 aromatic rings. The molecule has 0 radical (unpaired) electrons. The normalized spacial score (nSPS) is 29.0. The van der Waals surface area contributed by atoms with Crippen LogP contribution < -0.4 is 5.32 Å². The average Bonchev–Trinajstić information content (AvgIpc) is 3.33. The fourth-order valence-corrected chi connectivity index (χ4v) is 3.50. The number of likely N-dealkylation sites (tertiary alicyclic amines) is 1. The number of nitrogens with zero attached hydrogens (tertiary/aromatic N) is 1. The minimum Gasteiger partial charge on any atom is -0.393 e. The minimum atomic E-state index is -0.332. The monoisotopic (exact) mass is 302 g/mol. The highest BCUT2D eigenvalue weighted by molar-refractivity contribution is 5.74. The zero-order valence-electron chi connectivity index (χ0n) is 13.2. The Kier molecular flexibility index (Phi) is 4.67. The second-order valence-electron chi connectivity index (χ2n) is 6.79. The van der Waals surface area contributed by atoms with Gasteiger partial charge in [0.15, 0.2) is 0 Å². The van der Waals surface area contributed by atoms with E-state index in [0.29, 0.717) is 18.4 Å². The topological polar surface area (TPSA) is 52.6 Å². The van der Waals surface area contributed by atoms with E-state index in [2.05, 4.69) is 29.6 Å². The maximum Gasteiger partial charge on any atom is 0.317 e. The summed E-state index contributed by atoms with van der Waals surface area (Å²) in [6, 6.07) is 10.6. The molecule has 22 heavy (non-hydrogen) atoms. The molecule has 1 aliphatic carbocycles. The van der Waals surface area contributed by atoms with Crippen LogP contribution in [-0.2, 0) is 0 Å². The molecule has 4 nitrogen and oxygen atoms in total. The Morgan fingerprint density at radius 1 is 1.41 bits per heavy atom. The Morgan fingerprint density at radius 2 is 2.18 bits per heavy atom. The van der Waals surface area contributed by atoms with Crippen LogP contribution in [0.5, 0.6) is 0 Å². The predicted octanol–water partition coefficient (Wildman–Crippen LogP) is 2.59. The van der Waals surface area contributed by atoms with Gasteiger partial charge in [-0.15, -0.1) is 0 Å². The summed E-state index contributed by atoms with van der Waals surface area (Å²) in [6.45, 7) is 4.06. The number of aliphatic hydroxyl groups is 1. The van der Waals surface area contributed by atoms with Crippen LogP contribution >= 0.6 is 0 Å². The van der Waals surface area contributed by atoms with Gasteiger partial charge in [-0.25, -0.2) is 4.79 Å². The molecule has 1 aliphatic heterocycles. The Balaban J connectivity index is 1.44. The van der Waals surface area contributed by atoms with Crippen molar-refractivity contribution >= 4 is 6.03 Å². The highest BCUT2D eigenvalue weighted by Gasteiger charge is 2.38. The summed E-state index contributed by atoms with van der Waals surface area (Å²) in [6.07, 6.45) is 2.83. The van der Waals surface area contributed by atoms with Crippen molar-refractivity contribution in [2.45, 2.75) is 38.2 Å². The van der Waals surface area contributed by atoms with E-state index >= 15 is 0 Å². The molecule has 4 atom stereocenters. The number of benzene rings is 1. The van der Waals surface area contributed by atoms with Gasteiger partial charge >= 0.3 is 6.03 Å². The Morgan fingerprint density at radius 3 is 2.91 bits per heavy atom. The predicted molar refractivity (Wildman–Crippen MR) is 86.7 cm³/mol. The largest absolute Gasteiger partial charge is 0.393 e. The van der Waals surface area contributed by atoms with Gasteiger partial charge in [0.2, 0.25) is 0 Å². The van der Waals surface area contributed by atoms with E-state index in [9.17, 15) is 9.90 Å². The molecule has 2 aliphatic rings. The van der Waals surface area contributed by atoms with Crippen molar-refractivity contribution in [3.05, 3.63) is 35.9 Å². The van der Waals surface area contributed by atoms with E-state index in [1.165, 1.54) is 12.0 Å². The van der Waals surface area contributed by atoms with E-state index in [4.69, 9.17) is 0 Å². The van der Waals surface area contributed by atoms with Crippen molar-refractivity contribution < 1.29 is 9.90 Å². The third-order valence-corrected chi connectivity index (χ3v) is 5.09. The van der Waals surface area contributed by atoms with E-state index in [-0.39, 0.29) is 18.1 Å². The molecule has 2 N–H and O–H groups in total. The molecule has 1 aromatic carbocycles. The average molecular weight is 302 g/mol. The first-order chi connectivity index (χ1) is 10.6. The molecule has 2 fully saturated rings. The van der Waals surface area contributed by atoms with Crippen molar-refractivity contribution in [2.24, 2.45) is 11.8 Å². The number of piperidine rings is 1. The quantitative estimate of drug-likeness (QED) is 0.898. The number of carbonyl (C=O) groups is 1. The number of aliphatic hydroxyl groups excluding tert-OH is 1. The highest BCUT2D eigenvalue weighted by atomic mass is 16.3. The van der Waals surface area contributed by atoms with E-state index in [1.807, 2.05) is 17.9 Å². The molecule has 1 saturated carbocycles. The molecule has 0 spiro atoms. The van der Waals surface area contributed by atoms with Gasteiger partial charge in [-0.2, -0.15) is 0 Å². The SMILES string of the molecule is CC(O)C1CCCN(C(=O)NCC2CC2c2ccccc2)C1. The first kappa shape index (κ1) is 15.3. The Labute approximate surface area is 132 Å². The van der Waals surface area contributed by atoms with E-state index in [0.717, 1.165) is 25.9 Å². The zero-order chi connectivity index (χ0) is 15.5. The summed E-state index contributed by atoms with van der Waals surface area (Å²) in [5.74, 6) is 1.40. The number of rotatable bonds is 4. The fourth-order valence-electron chi connectivity index (χ4n) is 3.50. The van der Waals surface area contributed by atoms with Crippen LogP contribution in [0.3, 0.4) is 0 Å². The molecule has 4 unspecified atom stereocenters. The van der Waals surface area contributed by atoms with Gasteiger partial charge in [-0.1, -0.05) is 30.3 Å². The Hall–Kier alpha value is -1.55. The summed E-state index contributed by atoms with van der Waals surface area (Å²) in [5, 5.41) is 12.8. The molecule has 1 heterocycles. The maximum atomic E-state index is 12.3. The van der Waals surface area contributed by atoms with Gasteiger partial charge in [0.25, 0.3) is 0 Å². The first-order valence-corrected chi connectivity index (χ1v) is 8.41.